The Kier molecular flexibility index (Phi) is 3.21. The monoisotopic (exact) mass is 284 g/mol. The van der Waals surface area contributed by atoms with Crippen LogP contribution in [0.1, 0.15) is 30.4 Å². The standard InChI is InChI=1S/C15H16N4O2/c1-9(20)16-14-13-11(10-6-4-3-5-7-10)8-12(21)17-15(13)19(2)18-14/h3-7,11H,8H2,1-2H3,(H,17,21)(H,16,18,20)/t11-/m0/s1. The van der Waals surface area contributed by atoms with Gasteiger partial charge < -0.3 is 10.6 Å². The van der Waals surface area contributed by atoms with Gasteiger partial charge in [0, 0.05) is 31.9 Å². The summed E-state index contributed by atoms with van der Waals surface area (Å²) in [6.07, 6.45) is 0.343. The Bertz CT molecular complexity index is 706. The number of benzene rings is 1. The van der Waals surface area contributed by atoms with Crippen molar-refractivity contribution in [1.29, 1.82) is 0 Å². The number of fused-ring (bicyclic) bond motifs is 1. The molecule has 2 N–H and O–H groups in total. The van der Waals surface area contributed by atoms with Gasteiger partial charge in [-0.1, -0.05) is 30.3 Å². The van der Waals surface area contributed by atoms with Crippen molar-refractivity contribution in [2.24, 2.45) is 7.05 Å². The molecule has 1 atom stereocenters. The number of aromatic nitrogens is 2. The molecule has 0 bridgehead atoms. The molecule has 0 fully saturated rings. The first kappa shape index (κ1) is 13.4. The molecule has 2 amide bonds. The van der Waals surface area contributed by atoms with Crippen molar-refractivity contribution in [2.45, 2.75) is 19.3 Å². The number of amides is 2. The summed E-state index contributed by atoms with van der Waals surface area (Å²) in [5.74, 6) is 0.816. The van der Waals surface area contributed by atoms with Crippen molar-refractivity contribution >= 4 is 23.5 Å². The second-order valence-corrected chi connectivity index (χ2v) is 5.13. The van der Waals surface area contributed by atoms with Gasteiger partial charge in [-0.15, -0.1) is 0 Å². The molecule has 3 rings (SSSR count). The molecule has 6 nitrogen and oxygen atoms in total. The van der Waals surface area contributed by atoms with Crippen LogP contribution in [0, 0.1) is 0 Å². The molecule has 0 unspecified atom stereocenters. The summed E-state index contributed by atoms with van der Waals surface area (Å²) in [6.45, 7) is 1.44. The van der Waals surface area contributed by atoms with Crippen LogP contribution in [-0.4, -0.2) is 21.6 Å². The van der Waals surface area contributed by atoms with Crippen molar-refractivity contribution in [1.82, 2.24) is 9.78 Å². The first-order valence-corrected chi connectivity index (χ1v) is 6.75. The van der Waals surface area contributed by atoms with Crippen LogP contribution in [-0.2, 0) is 16.6 Å². The summed E-state index contributed by atoms with van der Waals surface area (Å²) in [5, 5.41) is 9.89. The van der Waals surface area contributed by atoms with E-state index in [2.05, 4.69) is 15.7 Å². The van der Waals surface area contributed by atoms with Gasteiger partial charge in [0.05, 0.1) is 0 Å². The highest BCUT2D eigenvalue weighted by molar-refractivity contribution is 5.97. The fourth-order valence-corrected chi connectivity index (χ4v) is 2.72. The summed E-state index contributed by atoms with van der Waals surface area (Å²) in [7, 11) is 1.75. The molecule has 0 spiro atoms. The largest absolute Gasteiger partial charge is 0.311 e. The van der Waals surface area contributed by atoms with Gasteiger partial charge in [0.15, 0.2) is 5.82 Å². The van der Waals surface area contributed by atoms with Gasteiger partial charge in [-0.3, -0.25) is 14.3 Å². The van der Waals surface area contributed by atoms with Crippen molar-refractivity contribution in [3.05, 3.63) is 41.5 Å². The third kappa shape index (κ3) is 2.40. The lowest BCUT2D eigenvalue weighted by Crippen LogP contribution is -2.25. The maximum absolute atomic E-state index is 12.0. The van der Waals surface area contributed by atoms with Gasteiger partial charge in [-0.05, 0) is 5.56 Å². The van der Waals surface area contributed by atoms with Crippen molar-refractivity contribution < 1.29 is 9.59 Å². The van der Waals surface area contributed by atoms with Crippen LogP contribution in [0.2, 0.25) is 0 Å². The topological polar surface area (TPSA) is 76.0 Å². The quantitative estimate of drug-likeness (QED) is 0.883. The fraction of sp³-hybridized carbons (Fsp3) is 0.267. The highest BCUT2D eigenvalue weighted by Crippen LogP contribution is 2.41. The Morgan fingerprint density at radius 1 is 1.38 bits per heavy atom. The normalized spacial score (nSPS) is 17.0. The predicted octanol–water partition coefficient (Wildman–Crippen LogP) is 1.85. The first-order valence-electron chi connectivity index (χ1n) is 6.75. The molecule has 2 heterocycles. The van der Waals surface area contributed by atoms with Crippen molar-refractivity contribution in [3.8, 4) is 0 Å². The molecule has 21 heavy (non-hydrogen) atoms. The average molecular weight is 284 g/mol. The lowest BCUT2D eigenvalue weighted by molar-refractivity contribution is -0.116. The Hall–Kier alpha value is -2.63. The van der Waals surface area contributed by atoms with E-state index in [-0.39, 0.29) is 17.7 Å². The molecule has 0 saturated heterocycles. The van der Waals surface area contributed by atoms with Crippen LogP contribution >= 0.6 is 0 Å². The summed E-state index contributed by atoms with van der Waals surface area (Å²) in [5.41, 5.74) is 1.90. The minimum Gasteiger partial charge on any atom is -0.311 e. The van der Waals surface area contributed by atoms with E-state index in [1.165, 1.54) is 6.92 Å². The summed E-state index contributed by atoms with van der Waals surface area (Å²) < 4.78 is 1.59. The van der Waals surface area contributed by atoms with Gasteiger partial charge in [-0.2, -0.15) is 5.10 Å². The maximum atomic E-state index is 12.0. The van der Waals surface area contributed by atoms with E-state index in [4.69, 9.17) is 0 Å². The molecule has 0 aliphatic carbocycles. The van der Waals surface area contributed by atoms with Gasteiger partial charge in [0.25, 0.3) is 0 Å². The number of carbonyl (C=O) groups is 2. The predicted molar refractivity (Wildman–Crippen MR) is 79.0 cm³/mol. The molecular formula is C15H16N4O2. The number of aryl methyl sites for hydroxylation is 1. The van der Waals surface area contributed by atoms with E-state index in [1.54, 1.807) is 11.7 Å². The van der Waals surface area contributed by atoms with E-state index in [0.29, 0.717) is 18.1 Å². The summed E-state index contributed by atoms with van der Waals surface area (Å²) >= 11 is 0. The minimum absolute atomic E-state index is 0.0475. The molecule has 1 aliphatic heterocycles. The summed E-state index contributed by atoms with van der Waals surface area (Å²) in [4.78, 5) is 23.3. The highest BCUT2D eigenvalue weighted by atomic mass is 16.2. The van der Waals surface area contributed by atoms with Crippen LogP contribution in [0.15, 0.2) is 30.3 Å². The third-order valence-electron chi connectivity index (χ3n) is 3.58. The van der Waals surface area contributed by atoms with E-state index in [1.807, 2.05) is 30.3 Å². The molecule has 1 aliphatic rings. The molecule has 108 valence electrons. The second-order valence-electron chi connectivity index (χ2n) is 5.13. The first-order chi connectivity index (χ1) is 10.1. The smallest absolute Gasteiger partial charge is 0.226 e. The lowest BCUT2D eigenvalue weighted by atomic mass is 9.86. The van der Waals surface area contributed by atoms with Crippen LogP contribution in [0.25, 0.3) is 0 Å². The van der Waals surface area contributed by atoms with Crippen LogP contribution in [0.4, 0.5) is 11.6 Å². The van der Waals surface area contributed by atoms with Gasteiger partial charge in [0.2, 0.25) is 11.8 Å². The van der Waals surface area contributed by atoms with Gasteiger partial charge >= 0.3 is 0 Å². The fourth-order valence-electron chi connectivity index (χ4n) is 2.72. The molecular weight excluding hydrogens is 268 g/mol. The Balaban J connectivity index is 2.14. The van der Waals surface area contributed by atoms with Crippen LogP contribution in [0.5, 0.6) is 0 Å². The molecule has 1 aromatic carbocycles. The van der Waals surface area contributed by atoms with Gasteiger partial charge in [-0.25, -0.2) is 0 Å². The number of anilines is 2. The van der Waals surface area contributed by atoms with Gasteiger partial charge in [0.1, 0.15) is 5.82 Å². The zero-order chi connectivity index (χ0) is 15.0. The van der Waals surface area contributed by atoms with E-state index in [9.17, 15) is 9.59 Å². The number of nitrogens with zero attached hydrogens (tertiary/aromatic N) is 2. The average Bonchev–Trinajstić information content (AvgIpc) is 2.75. The third-order valence-corrected chi connectivity index (χ3v) is 3.58. The highest BCUT2D eigenvalue weighted by Gasteiger charge is 2.33. The van der Waals surface area contributed by atoms with Crippen LogP contribution in [0.3, 0.4) is 0 Å². The molecule has 6 heteroatoms. The molecule has 0 saturated carbocycles. The SMILES string of the molecule is CC(=O)Nc1nn(C)c2c1[C@H](c1ccccc1)CC(=O)N2. The van der Waals surface area contributed by atoms with E-state index in [0.717, 1.165) is 11.1 Å². The van der Waals surface area contributed by atoms with Crippen molar-refractivity contribution in [3.63, 3.8) is 0 Å². The lowest BCUT2D eigenvalue weighted by Gasteiger charge is -2.24. The second kappa shape index (κ2) is 5.05. The molecule has 1 aromatic heterocycles. The number of rotatable bonds is 2. The Morgan fingerprint density at radius 2 is 2.10 bits per heavy atom. The minimum atomic E-state index is -0.181. The number of nitrogens with one attached hydrogen (secondary N) is 2. The van der Waals surface area contributed by atoms with Crippen molar-refractivity contribution in [2.75, 3.05) is 10.6 Å². The van der Waals surface area contributed by atoms with E-state index < -0.39 is 0 Å². The Labute approximate surface area is 122 Å². The maximum Gasteiger partial charge on any atom is 0.226 e. The number of hydrogen-bond acceptors (Lipinski definition) is 3. The molecule has 2 aromatic rings. The Morgan fingerprint density at radius 3 is 2.76 bits per heavy atom. The van der Waals surface area contributed by atoms with E-state index >= 15 is 0 Å². The zero-order valence-corrected chi connectivity index (χ0v) is 11.9. The number of hydrogen-bond donors (Lipinski definition) is 2. The zero-order valence-electron chi connectivity index (χ0n) is 11.9. The van der Waals surface area contributed by atoms with Crippen LogP contribution < -0.4 is 10.6 Å². The summed E-state index contributed by atoms with van der Waals surface area (Å²) in [6, 6.07) is 9.78. The molecule has 0 radical (unpaired) electrons. The number of carbonyl (C=O) groups excluding carboxylic acids is 2.